The molecule has 0 amide bonds. The van der Waals surface area contributed by atoms with E-state index in [-0.39, 0.29) is 0 Å². The predicted octanol–water partition coefficient (Wildman–Crippen LogP) is 3.52. The van der Waals surface area contributed by atoms with E-state index in [2.05, 4.69) is 53.6 Å². The number of rotatable bonds is 4. The SMILES string of the molecule is CN(C)C1(CNc2ccnc3ccccc23)CCCC1. The first-order valence-corrected chi connectivity index (χ1v) is 7.46. The minimum Gasteiger partial charge on any atom is -0.383 e. The van der Waals surface area contributed by atoms with Gasteiger partial charge in [-0.2, -0.15) is 0 Å². The van der Waals surface area contributed by atoms with Crippen LogP contribution in [0.3, 0.4) is 0 Å². The van der Waals surface area contributed by atoms with Crippen molar-refractivity contribution < 1.29 is 0 Å². The van der Waals surface area contributed by atoms with Gasteiger partial charge in [-0.1, -0.05) is 31.0 Å². The first-order valence-electron chi connectivity index (χ1n) is 7.46. The monoisotopic (exact) mass is 269 g/mol. The van der Waals surface area contributed by atoms with Gasteiger partial charge < -0.3 is 10.2 Å². The van der Waals surface area contributed by atoms with Gasteiger partial charge >= 0.3 is 0 Å². The van der Waals surface area contributed by atoms with Crippen LogP contribution >= 0.6 is 0 Å². The number of pyridine rings is 1. The maximum absolute atomic E-state index is 4.42. The number of benzene rings is 1. The third-order valence-electron chi connectivity index (χ3n) is 4.74. The second kappa shape index (κ2) is 5.41. The molecule has 106 valence electrons. The molecular formula is C17H23N3. The fourth-order valence-corrected chi connectivity index (χ4v) is 3.32. The maximum Gasteiger partial charge on any atom is 0.0722 e. The lowest BCUT2D eigenvalue weighted by Crippen LogP contribution is -2.47. The standard InChI is InChI=1S/C17H23N3/c1-20(2)17(10-5-6-11-17)13-19-16-9-12-18-15-8-4-3-7-14(15)16/h3-4,7-9,12H,5-6,10-11,13H2,1-2H3,(H,18,19). The van der Waals surface area contributed by atoms with Gasteiger partial charge in [-0.3, -0.25) is 4.98 Å². The largest absolute Gasteiger partial charge is 0.383 e. The summed E-state index contributed by atoms with van der Waals surface area (Å²) in [7, 11) is 4.41. The molecule has 0 radical (unpaired) electrons. The molecule has 3 heteroatoms. The highest BCUT2D eigenvalue weighted by molar-refractivity contribution is 5.90. The predicted molar refractivity (Wildman–Crippen MR) is 85.1 cm³/mol. The van der Waals surface area contributed by atoms with Crippen molar-refractivity contribution in [2.75, 3.05) is 26.0 Å². The van der Waals surface area contributed by atoms with Crippen LogP contribution in [0.5, 0.6) is 0 Å². The number of para-hydroxylation sites is 1. The second-order valence-electron chi connectivity index (χ2n) is 6.06. The highest BCUT2D eigenvalue weighted by Gasteiger charge is 2.35. The van der Waals surface area contributed by atoms with Crippen LogP contribution in [0.25, 0.3) is 10.9 Å². The Bertz CT molecular complexity index is 580. The Morgan fingerprint density at radius 2 is 1.90 bits per heavy atom. The van der Waals surface area contributed by atoms with Gasteiger partial charge in [0.2, 0.25) is 0 Å². The highest BCUT2D eigenvalue weighted by Crippen LogP contribution is 2.34. The van der Waals surface area contributed by atoms with E-state index in [0.29, 0.717) is 5.54 Å². The highest BCUT2D eigenvalue weighted by atomic mass is 15.2. The fourth-order valence-electron chi connectivity index (χ4n) is 3.32. The molecule has 3 rings (SSSR count). The summed E-state index contributed by atoms with van der Waals surface area (Å²) in [6.45, 7) is 1.01. The molecule has 0 unspecified atom stereocenters. The second-order valence-corrected chi connectivity index (χ2v) is 6.06. The summed E-state index contributed by atoms with van der Waals surface area (Å²) in [5.74, 6) is 0. The Morgan fingerprint density at radius 1 is 1.15 bits per heavy atom. The number of aromatic nitrogens is 1. The molecule has 20 heavy (non-hydrogen) atoms. The number of hydrogen-bond donors (Lipinski definition) is 1. The zero-order valence-electron chi connectivity index (χ0n) is 12.4. The number of hydrogen-bond acceptors (Lipinski definition) is 3. The van der Waals surface area contributed by atoms with Gasteiger partial charge in [-0.15, -0.1) is 0 Å². The third kappa shape index (κ3) is 2.38. The topological polar surface area (TPSA) is 28.2 Å². The fraction of sp³-hybridized carbons (Fsp3) is 0.471. The molecule has 0 spiro atoms. The maximum atomic E-state index is 4.42. The van der Waals surface area contributed by atoms with Gasteiger partial charge in [0.05, 0.1) is 5.52 Å². The molecule has 1 aromatic carbocycles. The smallest absolute Gasteiger partial charge is 0.0722 e. The Morgan fingerprint density at radius 3 is 2.65 bits per heavy atom. The zero-order chi connectivity index (χ0) is 14.0. The van der Waals surface area contributed by atoms with E-state index < -0.39 is 0 Å². The van der Waals surface area contributed by atoms with E-state index in [1.807, 2.05) is 12.3 Å². The van der Waals surface area contributed by atoms with Crippen molar-refractivity contribution in [3.8, 4) is 0 Å². The molecule has 0 saturated heterocycles. The molecule has 1 aromatic heterocycles. The molecule has 1 saturated carbocycles. The molecule has 1 N–H and O–H groups in total. The van der Waals surface area contributed by atoms with Crippen molar-refractivity contribution in [3.63, 3.8) is 0 Å². The average molecular weight is 269 g/mol. The van der Waals surface area contributed by atoms with Crippen molar-refractivity contribution >= 4 is 16.6 Å². The molecule has 3 nitrogen and oxygen atoms in total. The van der Waals surface area contributed by atoms with E-state index in [9.17, 15) is 0 Å². The van der Waals surface area contributed by atoms with E-state index in [0.717, 1.165) is 12.1 Å². The lowest BCUT2D eigenvalue weighted by Gasteiger charge is -2.37. The van der Waals surface area contributed by atoms with Crippen molar-refractivity contribution in [2.24, 2.45) is 0 Å². The minimum absolute atomic E-state index is 0.310. The molecular weight excluding hydrogens is 246 g/mol. The molecule has 1 fully saturated rings. The summed E-state index contributed by atoms with van der Waals surface area (Å²) in [6.07, 6.45) is 7.15. The van der Waals surface area contributed by atoms with Crippen LogP contribution in [0, 0.1) is 0 Å². The van der Waals surface area contributed by atoms with Gasteiger partial charge in [0, 0.05) is 29.4 Å². The van der Waals surface area contributed by atoms with E-state index in [1.54, 1.807) is 0 Å². The van der Waals surface area contributed by atoms with Crippen LogP contribution in [0.1, 0.15) is 25.7 Å². The van der Waals surface area contributed by atoms with Crippen LogP contribution in [0.2, 0.25) is 0 Å². The molecule has 0 bridgehead atoms. The Balaban J connectivity index is 1.83. The van der Waals surface area contributed by atoms with Gasteiger partial charge in [-0.25, -0.2) is 0 Å². The average Bonchev–Trinajstić information content (AvgIpc) is 2.95. The summed E-state index contributed by atoms with van der Waals surface area (Å²) >= 11 is 0. The van der Waals surface area contributed by atoms with Crippen molar-refractivity contribution in [1.29, 1.82) is 0 Å². The summed E-state index contributed by atoms with van der Waals surface area (Å²) in [4.78, 5) is 6.82. The Labute approximate surface area is 121 Å². The number of fused-ring (bicyclic) bond motifs is 1. The van der Waals surface area contributed by atoms with E-state index >= 15 is 0 Å². The van der Waals surface area contributed by atoms with Crippen LogP contribution in [0.15, 0.2) is 36.5 Å². The first kappa shape index (κ1) is 13.4. The lowest BCUT2D eigenvalue weighted by atomic mass is 9.96. The van der Waals surface area contributed by atoms with Crippen LogP contribution in [-0.4, -0.2) is 36.1 Å². The van der Waals surface area contributed by atoms with Gasteiger partial charge in [0.15, 0.2) is 0 Å². The molecule has 1 aliphatic carbocycles. The Hall–Kier alpha value is -1.61. The quantitative estimate of drug-likeness (QED) is 0.920. The Kier molecular flexibility index (Phi) is 3.62. The van der Waals surface area contributed by atoms with Gasteiger partial charge in [-0.05, 0) is 39.1 Å². The summed E-state index contributed by atoms with van der Waals surface area (Å²) in [5, 5.41) is 4.88. The molecule has 0 aliphatic heterocycles. The van der Waals surface area contributed by atoms with Gasteiger partial charge in [0.1, 0.15) is 0 Å². The number of nitrogens with zero attached hydrogens (tertiary/aromatic N) is 2. The number of likely N-dealkylation sites (N-methyl/N-ethyl adjacent to an activating group) is 1. The van der Waals surface area contributed by atoms with E-state index in [4.69, 9.17) is 0 Å². The molecule has 2 aromatic rings. The molecule has 1 aliphatic rings. The number of anilines is 1. The van der Waals surface area contributed by atoms with Crippen molar-refractivity contribution in [1.82, 2.24) is 9.88 Å². The van der Waals surface area contributed by atoms with Crippen molar-refractivity contribution in [2.45, 2.75) is 31.2 Å². The van der Waals surface area contributed by atoms with E-state index in [1.165, 1.54) is 36.8 Å². The zero-order valence-corrected chi connectivity index (χ0v) is 12.4. The summed E-state index contributed by atoms with van der Waals surface area (Å²) < 4.78 is 0. The van der Waals surface area contributed by atoms with Crippen molar-refractivity contribution in [3.05, 3.63) is 36.5 Å². The number of nitrogens with one attached hydrogen (secondary N) is 1. The van der Waals surface area contributed by atoms with Gasteiger partial charge in [0.25, 0.3) is 0 Å². The minimum atomic E-state index is 0.310. The van der Waals surface area contributed by atoms with Crippen LogP contribution < -0.4 is 5.32 Å². The first-order chi connectivity index (χ1) is 9.71. The molecule has 0 atom stereocenters. The third-order valence-corrected chi connectivity index (χ3v) is 4.74. The lowest BCUT2D eigenvalue weighted by molar-refractivity contribution is 0.172. The summed E-state index contributed by atoms with van der Waals surface area (Å²) in [6, 6.07) is 10.4. The molecule has 1 heterocycles. The normalized spacial score (nSPS) is 17.8. The van der Waals surface area contributed by atoms with Crippen LogP contribution in [0.4, 0.5) is 5.69 Å². The summed E-state index contributed by atoms with van der Waals surface area (Å²) in [5.41, 5.74) is 2.57. The van der Waals surface area contributed by atoms with Crippen LogP contribution in [-0.2, 0) is 0 Å².